The molecule has 1 unspecified atom stereocenters. The van der Waals surface area contributed by atoms with Crippen LogP contribution in [0, 0.1) is 5.82 Å². The second kappa shape index (κ2) is 5.57. The maximum atomic E-state index is 13.9. The Morgan fingerprint density at radius 2 is 1.90 bits per heavy atom. The summed E-state index contributed by atoms with van der Waals surface area (Å²) in [6.45, 7) is 2.07. The Balaban J connectivity index is 1.80. The summed E-state index contributed by atoms with van der Waals surface area (Å²) in [7, 11) is 0. The number of benzene rings is 2. The van der Waals surface area contributed by atoms with E-state index in [1.807, 2.05) is 6.07 Å². The standard InChI is InChI=1S/C17H17BrFN/c1-11(20-17-8-7-15(18)10-16(17)19)13-6-5-12-3-2-4-14(12)9-13/h5-11,20H,2-4H2,1H3. The Kier molecular flexibility index (Phi) is 3.79. The predicted octanol–water partition coefficient (Wildman–Crippen LogP) is 5.25. The van der Waals surface area contributed by atoms with Gasteiger partial charge in [0.05, 0.1) is 5.69 Å². The molecule has 3 rings (SSSR count). The van der Waals surface area contributed by atoms with E-state index in [1.165, 1.54) is 42.0 Å². The summed E-state index contributed by atoms with van der Waals surface area (Å²) in [5.74, 6) is -0.229. The highest BCUT2D eigenvalue weighted by molar-refractivity contribution is 9.10. The molecule has 20 heavy (non-hydrogen) atoms. The molecule has 1 nitrogen and oxygen atoms in total. The van der Waals surface area contributed by atoms with E-state index in [4.69, 9.17) is 0 Å². The van der Waals surface area contributed by atoms with Crippen molar-refractivity contribution in [3.63, 3.8) is 0 Å². The van der Waals surface area contributed by atoms with Gasteiger partial charge in [0.1, 0.15) is 5.82 Å². The molecule has 0 heterocycles. The van der Waals surface area contributed by atoms with Crippen LogP contribution in [0.15, 0.2) is 40.9 Å². The van der Waals surface area contributed by atoms with Gasteiger partial charge in [-0.1, -0.05) is 34.1 Å². The molecule has 0 fully saturated rings. The minimum Gasteiger partial charge on any atom is -0.376 e. The van der Waals surface area contributed by atoms with Crippen molar-refractivity contribution in [3.05, 3.63) is 63.4 Å². The lowest BCUT2D eigenvalue weighted by Gasteiger charge is -2.17. The topological polar surface area (TPSA) is 12.0 Å². The number of halogens is 2. The molecule has 0 saturated heterocycles. The molecule has 0 saturated carbocycles. The molecule has 2 aromatic rings. The Hall–Kier alpha value is -1.35. The van der Waals surface area contributed by atoms with Crippen molar-refractivity contribution in [2.45, 2.75) is 32.2 Å². The summed E-state index contributed by atoms with van der Waals surface area (Å²) in [5.41, 5.74) is 4.68. The highest BCUT2D eigenvalue weighted by Crippen LogP contribution is 2.28. The van der Waals surface area contributed by atoms with Gasteiger partial charge in [0, 0.05) is 10.5 Å². The normalized spacial score (nSPS) is 14.9. The van der Waals surface area contributed by atoms with Crippen LogP contribution in [0.2, 0.25) is 0 Å². The quantitative estimate of drug-likeness (QED) is 0.808. The van der Waals surface area contributed by atoms with Gasteiger partial charge in [0.2, 0.25) is 0 Å². The van der Waals surface area contributed by atoms with Crippen LogP contribution in [0.5, 0.6) is 0 Å². The molecule has 0 aliphatic heterocycles. The Bertz CT molecular complexity index is 639. The molecule has 104 valence electrons. The van der Waals surface area contributed by atoms with Gasteiger partial charge < -0.3 is 5.32 Å². The van der Waals surface area contributed by atoms with Crippen molar-refractivity contribution in [3.8, 4) is 0 Å². The molecular formula is C17H17BrFN. The van der Waals surface area contributed by atoms with Gasteiger partial charge in [-0.15, -0.1) is 0 Å². The van der Waals surface area contributed by atoms with Gasteiger partial charge in [-0.3, -0.25) is 0 Å². The van der Waals surface area contributed by atoms with Crippen LogP contribution in [0.3, 0.4) is 0 Å². The number of aryl methyl sites for hydroxylation is 2. The maximum Gasteiger partial charge on any atom is 0.147 e. The third-order valence-corrected chi connectivity index (χ3v) is 4.42. The fourth-order valence-corrected chi connectivity index (χ4v) is 3.12. The molecular weight excluding hydrogens is 317 g/mol. The van der Waals surface area contributed by atoms with Crippen molar-refractivity contribution in [1.29, 1.82) is 0 Å². The van der Waals surface area contributed by atoms with Gasteiger partial charge in [0.15, 0.2) is 0 Å². The van der Waals surface area contributed by atoms with Crippen LogP contribution in [-0.2, 0) is 12.8 Å². The Labute approximate surface area is 127 Å². The summed E-state index contributed by atoms with van der Waals surface area (Å²) in [6.07, 6.45) is 3.61. The van der Waals surface area contributed by atoms with Crippen LogP contribution in [0.1, 0.15) is 36.1 Å². The average Bonchev–Trinajstić information content (AvgIpc) is 2.89. The second-order valence-electron chi connectivity index (χ2n) is 5.37. The zero-order chi connectivity index (χ0) is 14.1. The van der Waals surface area contributed by atoms with E-state index < -0.39 is 0 Å². The van der Waals surface area contributed by atoms with Crippen LogP contribution in [-0.4, -0.2) is 0 Å². The Morgan fingerprint density at radius 3 is 2.70 bits per heavy atom. The highest BCUT2D eigenvalue weighted by Gasteiger charge is 2.14. The summed E-state index contributed by atoms with van der Waals surface area (Å²) >= 11 is 3.27. The van der Waals surface area contributed by atoms with Crippen molar-refractivity contribution in [2.75, 3.05) is 5.32 Å². The van der Waals surface area contributed by atoms with Crippen LogP contribution in [0.25, 0.3) is 0 Å². The summed E-state index contributed by atoms with van der Waals surface area (Å²) < 4.78 is 14.6. The van der Waals surface area contributed by atoms with E-state index in [2.05, 4.69) is 46.4 Å². The van der Waals surface area contributed by atoms with Gasteiger partial charge in [-0.05, 0) is 61.1 Å². The molecule has 1 atom stereocenters. The molecule has 0 spiro atoms. The first-order valence-electron chi connectivity index (χ1n) is 6.97. The fraction of sp³-hybridized carbons (Fsp3) is 0.294. The molecule has 3 heteroatoms. The SMILES string of the molecule is CC(Nc1ccc(Br)cc1F)c1ccc2c(c1)CCC2. The van der Waals surface area contributed by atoms with Crippen molar-refractivity contribution >= 4 is 21.6 Å². The van der Waals surface area contributed by atoms with Crippen LogP contribution in [0.4, 0.5) is 10.1 Å². The lowest BCUT2D eigenvalue weighted by molar-refractivity contribution is 0.626. The lowest BCUT2D eigenvalue weighted by atomic mass is 10.0. The van der Waals surface area contributed by atoms with E-state index in [9.17, 15) is 4.39 Å². The first-order chi connectivity index (χ1) is 9.63. The molecule has 2 aromatic carbocycles. The molecule has 0 bridgehead atoms. The minimum atomic E-state index is -0.229. The smallest absolute Gasteiger partial charge is 0.147 e. The number of hydrogen-bond acceptors (Lipinski definition) is 1. The van der Waals surface area contributed by atoms with Crippen molar-refractivity contribution in [2.24, 2.45) is 0 Å². The van der Waals surface area contributed by atoms with E-state index in [0.717, 1.165) is 4.47 Å². The number of rotatable bonds is 3. The zero-order valence-corrected chi connectivity index (χ0v) is 13.0. The molecule has 1 aliphatic rings. The molecule has 1 aliphatic carbocycles. The van der Waals surface area contributed by atoms with Crippen LogP contribution < -0.4 is 5.32 Å². The first kappa shape index (κ1) is 13.6. The predicted molar refractivity (Wildman–Crippen MR) is 84.6 cm³/mol. The number of fused-ring (bicyclic) bond motifs is 1. The van der Waals surface area contributed by atoms with Crippen molar-refractivity contribution < 1.29 is 4.39 Å². The lowest BCUT2D eigenvalue weighted by Crippen LogP contribution is -2.08. The van der Waals surface area contributed by atoms with Gasteiger partial charge in [-0.25, -0.2) is 4.39 Å². The largest absolute Gasteiger partial charge is 0.376 e. The number of hydrogen-bond donors (Lipinski definition) is 1. The monoisotopic (exact) mass is 333 g/mol. The van der Waals surface area contributed by atoms with Gasteiger partial charge >= 0.3 is 0 Å². The Morgan fingerprint density at radius 1 is 1.10 bits per heavy atom. The van der Waals surface area contributed by atoms with Crippen LogP contribution >= 0.6 is 15.9 Å². The van der Waals surface area contributed by atoms with E-state index in [-0.39, 0.29) is 11.9 Å². The minimum absolute atomic E-state index is 0.0941. The third kappa shape index (κ3) is 2.73. The summed E-state index contributed by atoms with van der Waals surface area (Å²) in [6, 6.07) is 11.8. The fourth-order valence-electron chi connectivity index (χ4n) is 2.78. The average molecular weight is 334 g/mol. The zero-order valence-electron chi connectivity index (χ0n) is 11.4. The molecule has 1 N–H and O–H groups in total. The molecule has 0 aromatic heterocycles. The second-order valence-corrected chi connectivity index (χ2v) is 6.29. The molecule has 0 amide bonds. The first-order valence-corrected chi connectivity index (χ1v) is 7.76. The molecule has 0 radical (unpaired) electrons. The number of nitrogens with one attached hydrogen (secondary N) is 1. The van der Waals surface area contributed by atoms with Gasteiger partial charge in [-0.2, -0.15) is 0 Å². The summed E-state index contributed by atoms with van der Waals surface area (Å²) in [5, 5.41) is 3.25. The van der Waals surface area contributed by atoms with E-state index in [0.29, 0.717) is 5.69 Å². The van der Waals surface area contributed by atoms with Crippen molar-refractivity contribution in [1.82, 2.24) is 0 Å². The highest BCUT2D eigenvalue weighted by atomic mass is 79.9. The van der Waals surface area contributed by atoms with Gasteiger partial charge in [0.25, 0.3) is 0 Å². The maximum absolute atomic E-state index is 13.9. The van der Waals surface area contributed by atoms with E-state index >= 15 is 0 Å². The number of anilines is 1. The van der Waals surface area contributed by atoms with E-state index in [1.54, 1.807) is 6.07 Å². The third-order valence-electron chi connectivity index (χ3n) is 3.93. The summed E-state index contributed by atoms with van der Waals surface area (Å²) in [4.78, 5) is 0.